The summed E-state index contributed by atoms with van der Waals surface area (Å²) >= 11 is 7.59. The molecule has 32 heavy (non-hydrogen) atoms. The van der Waals surface area contributed by atoms with Gasteiger partial charge in [-0.1, -0.05) is 35.5 Å². The van der Waals surface area contributed by atoms with Crippen LogP contribution >= 0.6 is 23.4 Å². The zero-order chi connectivity index (χ0) is 22.8. The van der Waals surface area contributed by atoms with Gasteiger partial charge in [-0.3, -0.25) is 4.79 Å². The Morgan fingerprint density at radius 1 is 1.25 bits per heavy atom. The van der Waals surface area contributed by atoms with Gasteiger partial charge in [0.2, 0.25) is 5.91 Å². The first-order chi connectivity index (χ1) is 15.3. The molecule has 0 aliphatic carbocycles. The molecule has 0 radical (unpaired) electrons. The van der Waals surface area contributed by atoms with Crippen molar-refractivity contribution in [2.24, 2.45) is 4.99 Å². The molecule has 3 aliphatic heterocycles. The molecule has 0 saturated carbocycles. The van der Waals surface area contributed by atoms with Crippen LogP contribution < -0.4 is 0 Å². The van der Waals surface area contributed by atoms with Crippen LogP contribution in [0.2, 0.25) is 5.02 Å². The predicted octanol–water partition coefficient (Wildman–Crippen LogP) is 4.12. The van der Waals surface area contributed by atoms with E-state index < -0.39 is 12.0 Å². The number of hydrogen-bond acceptors (Lipinski definition) is 7. The van der Waals surface area contributed by atoms with Crippen LogP contribution in [0.4, 0.5) is 0 Å². The van der Waals surface area contributed by atoms with Crippen LogP contribution in [0.5, 0.6) is 0 Å². The first-order valence-corrected chi connectivity index (χ1v) is 11.9. The van der Waals surface area contributed by atoms with Gasteiger partial charge in [-0.15, -0.1) is 0 Å². The van der Waals surface area contributed by atoms with Crippen LogP contribution in [0.15, 0.2) is 51.6 Å². The van der Waals surface area contributed by atoms with E-state index in [0.29, 0.717) is 42.6 Å². The quantitative estimate of drug-likeness (QED) is 0.597. The minimum absolute atomic E-state index is 0.0360. The number of amides is 1. The Morgan fingerprint density at radius 2 is 1.94 bits per heavy atom. The second kappa shape index (κ2) is 9.68. The van der Waals surface area contributed by atoms with E-state index >= 15 is 0 Å². The van der Waals surface area contributed by atoms with Gasteiger partial charge in [0, 0.05) is 23.8 Å². The molecule has 1 saturated heterocycles. The summed E-state index contributed by atoms with van der Waals surface area (Å²) in [7, 11) is 0. The largest absolute Gasteiger partial charge is 0.459 e. The fourth-order valence-electron chi connectivity index (χ4n) is 3.95. The molecule has 4 rings (SSSR count). The molecule has 7 nitrogen and oxygen atoms in total. The van der Waals surface area contributed by atoms with E-state index in [-0.39, 0.29) is 18.4 Å². The van der Waals surface area contributed by atoms with Gasteiger partial charge in [-0.25, -0.2) is 9.79 Å². The number of halogens is 1. The zero-order valence-corrected chi connectivity index (χ0v) is 19.9. The number of ether oxygens (including phenoxy) is 2. The summed E-state index contributed by atoms with van der Waals surface area (Å²) in [5, 5.41) is 3.30. The fraction of sp³-hybridized carbons (Fsp3) is 0.435. The highest BCUT2D eigenvalue weighted by Gasteiger charge is 2.41. The van der Waals surface area contributed by atoms with Crippen LogP contribution in [-0.2, 0) is 19.1 Å². The third kappa shape index (κ3) is 4.72. The summed E-state index contributed by atoms with van der Waals surface area (Å²) in [6.45, 7) is 7.74. The summed E-state index contributed by atoms with van der Waals surface area (Å²) in [4.78, 5) is 34.6. The molecule has 0 bridgehead atoms. The van der Waals surface area contributed by atoms with Crippen molar-refractivity contribution < 1.29 is 19.1 Å². The van der Waals surface area contributed by atoms with Gasteiger partial charge in [0.1, 0.15) is 0 Å². The molecule has 1 aromatic carbocycles. The molecular formula is C23H26ClN3O4S. The molecule has 1 fully saturated rings. The maximum absolute atomic E-state index is 13.1. The van der Waals surface area contributed by atoms with Gasteiger partial charge in [0.25, 0.3) is 0 Å². The van der Waals surface area contributed by atoms with E-state index in [1.165, 1.54) is 11.8 Å². The number of benzene rings is 1. The lowest BCUT2D eigenvalue weighted by Gasteiger charge is -2.37. The summed E-state index contributed by atoms with van der Waals surface area (Å²) in [6, 6.07) is 6.94. The molecule has 0 aromatic heterocycles. The molecular weight excluding hydrogens is 450 g/mol. The average molecular weight is 476 g/mol. The van der Waals surface area contributed by atoms with Gasteiger partial charge < -0.3 is 19.3 Å². The Bertz CT molecular complexity index is 997. The third-order valence-electron chi connectivity index (χ3n) is 5.45. The van der Waals surface area contributed by atoms with Crippen molar-refractivity contribution in [2.75, 3.05) is 26.3 Å². The number of rotatable bonds is 5. The summed E-state index contributed by atoms with van der Waals surface area (Å²) in [6.07, 6.45) is -0.0355. The molecule has 1 aromatic rings. The van der Waals surface area contributed by atoms with Crippen molar-refractivity contribution in [2.45, 2.75) is 39.3 Å². The van der Waals surface area contributed by atoms with Gasteiger partial charge in [0.05, 0.1) is 43.1 Å². The normalized spacial score (nSPS) is 20.8. The molecule has 170 valence electrons. The van der Waals surface area contributed by atoms with Crippen LogP contribution in [0, 0.1) is 0 Å². The first kappa shape index (κ1) is 22.9. The van der Waals surface area contributed by atoms with Crippen LogP contribution in [0.1, 0.15) is 38.8 Å². The van der Waals surface area contributed by atoms with E-state index in [9.17, 15) is 9.59 Å². The van der Waals surface area contributed by atoms with Crippen LogP contribution in [0.3, 0.4) is 0 Å². The Labute approximate surface area is 197 Å². The maximum Gasteiger partial charge on any atom is 0.338 e. The monoisotopic (exact) mass is 475 g/mol. The lowest BCUT2D eigenvalue weighted by molar-refractivity contribution is -0.143. The topological polar surface area (TPSA) is 71.4 Å². The van der Waals surface area contributed by atoms with E-state index in [4.69, 9.17) is 21.1 Å². The summed E-state index contributed by atoms with van der Waals surface area (Å²) < 4.78 is 10.9. The van der Waals surface area contributed by atoms with Crippen molar-refractivity contribution >= 4 is 40.4 Å². The highest BCUT2D eigenvalue weighted by molar-refractivity contribution is 8.16. The molecule has 1 unspecified atom stereocenters. The van der Waals surface area contributed by atoms with E-state index in [2.05, 4.69) is 4.99 Å². The lowest BCUT2D eigenvalue weighted by atomic mass is 9.94. The van der Waals surface area contributed by atoms with Crippen LogP contribution in [0.25, 0.3) is 0 Å². The number of thioether (sulfide) groups is 1. The van der Waals surface area contributed by atoms with E-state index in [0.717, 1.165) is 16.4 Å². The Hall–Kier alpha value is -2.29. The zero-order valence-electron chi connectivity index (χ0n) is 18.3. The van der Waals surface area contributed by atoms with Gasteiger partial charge >= 0.3 is 5.97 Å². The molecule has 3 aliphatic rings. The Morgan fingerprint density at radius 3 is 2.59 bits per heavy atom. The van der Waals surface area contributed by atoms with Crippen molar-refractivity contribution in [3.8, 4) is 0 Å². The Balaban J connectivity index is 1.69. The number of fused-ring (bicyclic) bond motifs is 1. The number of nitrogens with zero attached hydrogens (tertiary/aromatic N) is 3. The molecule has 0 N–H and O–H groups in total. The SMILES string of the molecule is CC1=C(C(=O)OC(C)C)C(c2ccc(Cl)cc2)N2C(CC(=O)N3CCOCC3)=CSC2=N1. The number of morpholine rings is 1. The van der Waals surface area contributed by atoms with Crippen LogP contribution in [-0.4, -0.2) is 59.3 Å². The molecule has 1 amide bonds. The summed E-state index contributed by atoms with van der Waals surface area (Å²) in [5.74, 6) is -0.371. The third-order valence-corrected chi connectivity index (χ3v) is 6.59. The highest BCUT2D eigenvalue weighted by Crippen LogP contribution is 2.45. The second-order valence-electron chi connectivity index (χ2n) is 8.07. The molecule has 1 atom stereocenters. The number of esters is 1. The smallest absolute Gasteiger partial charge is 0.338 e. The maximum atomic E-state index is 13.1. The van der Waals surface area contributed by atoms with Crippen molar-refractivity contribution in [3.63, 3.8) is 0 Å². The molecule has 3 heterocycles. The number of carbonyl (C=O) groups excluding carboxylic acids is 2. The fourth-order valence-corrected chi connectivity index (χ4v) is 5.04. The van der Waals surface area contributed by atoms with E-state index in [1.54, 1.807) is 12.1 Å². The van der Waals surface area contributed by atoms with Gasteiger partial charge in [0.15, 0.2) is 5.17 Å². The summed E-state index contributed by atoms with van der Waals surface area (Å²) in [5.41, 5.74) is 2.78. The number of carbonyl (C=O) groups is 2. The number of amidine groups is 1. The van der Waals surface area contributed by atoms with Crippen molar-refractivity contribution in [1.82, 2.24) is 9.80 Å². The predicted molar refractivity (Wildman–Crippen MR) is 125 cm³/mol. The first-order valence-electron chi connectivity index (χ1n) is 10.6. The molecule has 0 spiro atoms. The standard InChI is InChI=1S/C23H26ClN3O4S/c1-14(2)31-22(29)20-15(3)25-23-27(21(20)16-4-6-17(24)7-5-16)18(13-32-23)12-19(28)26-8-10-30-11-9-26/h4-7,13-14,21H,8-12H2,1-3H3. The Kier molecular flexibility index (Phi) is 6.93. The van der Waals surface area contributed by atoms with Crippen molar-refractivity contribution in [3.05, 3.63) is 57.2 Å². The minimum Gasteiger partial charge on any atom is -0.459 e. The van der Waals surface area contributed by atoms with E-state index in [1.807, 2.05) is 48.1 Å². The molecule has 9 heteroatoms. The number of aliphatic imine (C=N–C) groups is 1. The number of hydrogen-bond donors (Lipinski definition) is 0. The van der Waals surface area contributed by atoms with Gasteiger partial charge in [-0.05, 0) is 43.9 Å². The van der Waals surface area contributed by atoms with Crippen molar-refractivity contribution in [1.29, 1.82) is 0 Å². The second-order valence-corrected chi connectivity index (χ2v) is 9.34. The van der Waals surface area contributed by atoms with Gasteiger partial charge in [-0.2, -0.15) is 0 Å². The highest BCUT2D eigenvalue weighted by atomic mass is 35.5. The average Bonchev–Trinajstić information content (AvgIpc) is 3.15. The minimum atomic E-state index is -0.454. The lowest BCUT2D eigenvalue weighted by Crippen LogP contribution is -2.42. The number of allylic oxidation sites excluding steroid dienone is 1.